The van der Waals surface area contributed by atoms with Crippen molar-refractivity contribution in [2.24, 2.45) is 0 Å². The Morgan fingerprint density at radius 2 is 2.04 bits per heavy atom. The molecular weight excluding hydrogens is 346 g/mol. The summed E-state index contributed by atoms with van der Waals surface area (Å²) in [5.74, 6) is -0.0409. The molecule has 1 amide bonds. The second-order valence-electron chi connectivity index (χ2n) is 6.50. The molecule has 5 nitrogen and oxygen atoms in total. The number of thiazole rings is 1. The van der Waals surface area contributed by atoms with E-state index in [2.05, 4.69) is 4.98 Å². The van der Waals surface area contributed by atoms with Crippen molar-refractivity contribution >= 4 is 17.2 Å². The number of nitrogens with zero attached hydrogens (tertiary/aromatic N) is 3. The number of hydrogen-bond donors (Lipinski definition) is 0. The van der Waals surface area contributed by atoms with Gasteiger partial charge in [0.2, 0.25) is 0 Å². The Balaban J connectivity index is 1.59. The molecule has 1 aliphatic heterocycles. The zero-order valence-corrected chi connectivity index (χ0v) is 15.3. The van der Waals surface area contributed by atoms with Gasteiger partial charge in [0.25, 0.3) is 11.5 Å². The summed E-state index contributed by atoms with van der Waals surface area (Å²) < 4.78 is 1.72. The van der Waals surface area contributed by atoms with Crippen LogP contribution in [0.2, 0.25) is 0 Å². The Labute approximate surface area is 155 Å². The lowest BCUT2D eigenvalue weighted by atomic mass is 10.0. The third kappa shape index (κ3) is 3.32. The molecule has 3 heterocycles. The lowest BCUT2D eigenvalue weighted by molar-refractivity contribution is 0.0729. The van der Waals surface area contributed by atoms with Gasteiger partial charge in [-0.3, -0.25) is 9.59 Å². The molecule has 0 unspecified atom stereocenters. The summed E-state index contributed by atoms with van der Waals surface area (Å²) in [7, 11) is 0. The van der Waals surface area contributed by atoms with Crippen LogP contribution in [-0.4, -0.2) is 26.9 Å². The van der Waals surface area contributed by atoms with Crippen molar-refractivity contribution in [1.82, 2.24) is 14.5 Å². The van der Waals surface area contributed by atoms with Gasteiger partial charge in [-0.2, -0.15) is 0 Å². The van der Waals surface area contributed by atoms with Crippen molar-refractivity contribution in [3.8, 4) is 0 Å². The number of rotatable bonds is 3. The number of aromatic nitrogens is 2. The molecule has 1 aliphatic rings. The number of carbonyl (C=O) groups is 1. The maximum absolute atomic E-state index is 12.7. The van der Waals surface area contributed by atoms with Gasteiger partial charge in [0, 0.05) is 30.7 Å². The minimum absolute atomic E-state index is 0.00232. The Kier molecular flexibility index (Phi) is 4.42. The van der Waals surface area contributed by atoms with Gasteiger partial charge in [0.05, 0.1) is 11.6 Å². The first-order valence-corrected chi connectivity index (χ1v) is 9.46. The van der Waals surface area contributed by atoms with Crippen molar-refractivity contribution in [3.63, 3.8) is 0 Å². The zero-order chi connectivity index (χ0) is 18.1. The first-order chi connectivity index (χ1) is 12.6. The first-order valence-electron chi connectivity index (χ1n) is 8.58. The van der Waals surface area contributed by atoms with Gasteiger partial charge in [-0.05, 0) is 30.0 Å². The highest BCUT2D eigenvalue weighted by molar-refractivity contribution is 7.09. The number of pyridine rings is 1. The highest BCUT2D eigenvalue weighted by Crippen LogP contribution is 2.20. The van der Waals surface area contributed by atoms with E-state index in [1.165, 1.54) is 11.3 Å². The molecule has 26 heavy (non-hydrogen) atoms. The topological polar surface area (TPSA) is 55.2 Å². The molecule has 0 aliphatic carbocycles. The molecule has 2 aromatic heterocycles. The number of hydrogen-bond acceptors (Lipinski definition) is 4. The molecule has 132 valence electrons. The third-order valence-electron chi connectivity index (χ3n) is 4.64. The highest BCUT2D eigenvalue weighted by atomic mass is 32.1. The van der Waals surface area contributed by atoms with E-state index in [0.29, 0.717) is 31.7 Å². The van der Waals surface area contributed by atoms with Crippen LogP contribution in [0.4, 0.5) is 0 Å². The number of carbonyl (C=O) groups excluding carboxylic acids is 1. The van der Waals surface area contributed by atoms with Crippen LogP contribution in [0, 0.1) is 6.92 Å². The Bertz CT molecular complexity index is 1010. The lowest BCUT2D eigenvalue weighted by Gasteiger charge is -2.28. The molecule has 3 aromatic rings. The van der Waals surface area contributed by atoms with Crippen molar-refractivity contribution in [3.05, 3.63) is 85.7 Å². The molecule has 6 heteroatoms. The maximum atomic E-state index is 12.7. The van der Waals surface area contributed by atoms with Crippen molar-refractivity contribution in [2.75, 3.05) is 6.54 Å². The minimum Gasteiger partial charge on any atom is -0.333 e. The molecule has 0 saturated heterocycles. The summed E-state index contributed by atoms with van der Waals surface area (Å²) >= 11 is 1.48. The van der Waals surface area contributed by atoms with Crippen molar-refractivity contribution in [2.45, 2.75) is 26.4 Å². The van der Waals surface area contributed by atoms with Gasteiger partial charge in [-0.25, -0.2) is 4.98 Å². The van der Waals surface area contributed by atoms with Crippen LogP contribution in [0.1, 0.15) is 32.2 Å². The fraction of sp³-hybridized carbons (Fsp3) is 0.250. The normalized spacial score (nSPS) is 13.5. The molecule has 0 bridgehead atoms. The standard InChI is InChI=1S/C20H19N3O2S/c1-14-21-18(13-26-14)20(25)22-8-7-16-9-19(24)23(12-17(16)11-22)10-15-5-3-2-4-6-15/h2-6,9,12-13H,7-8,10-11H2,1H3. The van der Waals surface area contributed by atoms with E-state index in [1.54, 1.807) is 10.6 Å². The SMILES string of the molecule is Cc1nc(C(=O)N2CCc3cc(=O)n(Cc4ccccc4)cc3C2)cs1. The van der Waals surface area contributed by atoms with E-state index < -0.39 is 0 Å². The van der Waals surface area contributed by atoms with E-state index in [0.717, 1.165) is 21.7 Å². The van der Waals surface area contributed by atoms with Gasteiger partial charge in [-0.1, -0.05) is 30.3 Å². The Hall–Kier alpha value is -2.73. The lowest BCUT2D eigenvalue weighted by Crippen LogP contribution is -2.37. The predicted octanol–water partition coefficient (Wildman–Crippen LogP) is 2.86. The smallest absolute Gasteiger partial charge is 0.273 e. The quantitative estimate of drug-likeness (QED) is 0.717. The van der Waals surface area contributed by atoms with Gasteiger partial charge in [0.15, 0.2) is 0 Å². The molecule has 0 spiro atoms. The first kappa shape index (κ1) is 16.7. The third-order valence-corrected chi connectivity index (χ3v) is 5.41. The minimum atomic E-state index is -0.0409. The van der Waals surface area contributed by atoms with Crippen LogP contribution in [-0.2, 0) is 19.5 Å². The summed E-state index contributed by atoms with van der Waals surface area (Å²) in [4.78, 5) is 31.2. The zero-order valence-electron chi connectivity index (χ0n) is 14.5. The summed E-state index contributed by atoms with van der Waals surface area (Å²) in [5.41, 5.74) is 3.66. The molecule has 0 atom stereocenters. The second kappa shape index (κ2) is 6.88. The molecular formula is C20H19N3O2S. The number of fused-ring (bicyclic) bond motifs is 1. The Morgan fingerprint density at radius 3 is 2.77 bits per heavy atom. The van der Waals surface area contributed by atoms with Crippen LogP contribution < -0.4 is 5.56 Å². The number of aryl methyl sites for hydroxylation is 1. The van der Waals surface area contributed by atoms with Crippen LogP contribution in [0.15, 0.2) is 52.8 Å². The molecule has 4 rings (SSSR count). The summed E-state index contributed by atoms with van der Waals surface area (Å²) in [6.45, 7) is 3.56. The molecule has 1 aromatic carbocycles. The highest BCUT2D eigenvalue weighted by Gasteiger charge is 2.24. The van der Waals surface area contributed by atoms with E-state index >= 15 is 0 Å². The Morgan fingerprint density at radius 1 is 1.23 bits per heavy atom. The van der Waals surface area contributed by atoms with Crippen LogP contribution in [0.3, 0.4) is 0 Å². The van der Waals surface area contributed by atoms with Gasteiger partial charge >= 0.3 is 0 Å². The average molecular weight is 365 g/mol. The number of amides is 1. The van der Waals surface area contributed by atoms with Gasteiger partial charge in [0.1, 0.15) is 5.69 Å². The van der Waals surface area contributed by atoms with Crippen molar-refractivity contribution in [1.29, 1.82) is 0 Å². The number of benzene rings is 1. The van der Waals surface area contributed by atoms with E-state index in [1.807, 2.05) is 53.7 Å². The summed E-state index contributed by atoms with van der Waals surface area (Å²) in [6.07, 6.45) is 2.60. The summed E-state index contributed by atoms with van der Waals surface area (Å²) in [5, 5.41) is 2.70. The fourth-order valence-corrected chi connectivity index (χ4v) is 3.86. The largest absolute Gasteiger partial charge is 0.333 e. The van der Waals surface area contributed by atoms with E-state index in [9.17, 15) is 9.59 Å². The second-order valence-corrected chi connectivity index (χ2v) is 7.57. The maximum Gasteiger partial charge on any atom is 0.273 e. The monoisotopic (exact) mass is 365 g/mol. The molecule has 0 radical (unpaired) electrons. The molecule has 0 saturated carbocycles. The molecule has 0 fully saturated rings. The van der Waals surface area contributed by atoms with Gasteiger partial charge in [-0.15, -0.1) is 11.3 Å². The predicted molar refractivity (Wildman–Crippen MR) is 102 cm³/mol. The van der Waals surface area contributed by atoms with E-state index in [-0.39, 0.29) is 11.5 Å². The fourth-order valence-electron chi connectivity index (χ4n) is 3.28. The van der Waals surface area contributed by atoms with Crippen LogP contribution in [0.5, 0.6) is 0 Å². The van der Waals surface area contributed by atoms with Gasteiger partial charge < -0.3 is 9.47 Å². The van der Waals surface area contributed by atoms with Crippen LogP contribution >= 0.6 is 11.3 Å². The molecule has 0 N–H and O–H groups in total. The van der Waals surface area contributed by atoms with E-state index in [4.69, 9.17) is 0 Å². The average Bonchev–Trinajstić information content (AvgIpc) is 3.09. The van der Waals surface area contributed by atoms with Crippen molar-refractivity contribution < 1.29 is 4.79 Å². The summed E-state index contributed by atoms with van der Waals surface area (Å²) in [6, 6.07) is 11.6. The van der Waals surface area contributed by atoms with Crippen LogP contribution in [0.25, 0.3) is 0 Å².